The third-order valence-corrected chi connectivity index (χ3v) is 6.64. The van der Waals surface area contributed by atoms with Crippen molar-refractivity contribution < 1.29 is 17.9 Å². The molecule has 0 radical (unpaired) electrons. The van der Waals surface area contributed by atoms with E-state index in [2.05, 4.69) is 4.90 Å². The van der Waals surface area contributed by atoms with Crippen LogP contribution in [0, 0.1) is 0 Å². The molecular weight excluding hydrogens is 340 g/mol. The number of benzene rings is 1. The summed E-state index contributed by atoms with van der Waals surface area (Å²) in [7, 11) is -1.24. The summed E-state index contributed by atoms with van der Waals surface area (Å²) >= 11 is 0. The van der Waals surface area contributed by atoms with Crippen molar-refractivity contribution in [1.82, 2.24) is 9.80 Å². The predicted molar refractivity (Wildman–Crippen MR) is 97.2 cm³/mol. The van der Waals surface area contributed by atoms with Crippen LogP contribution in [0.2, 0.25) is 0 Å². The van der Waals surface area contributed by atoms with Gasteiger partial charge in [0, 0.05) is 38.3 Å². The van der Waals surface area contributed by atoms with Crippen LogP contribution in [0.25, 0.3) is 6.08 Å². The molecule has 2 fully saturated rings. The maximum atomic E-state index is 12.3. The van der Waals surface area contributed by atoms with E-state index in [-0.39, 0.29) is 17.7 Å². The van der Waals surface area contributed by atoms with E-state index in [1.54, 1.807) is 19.3 Å². The molecule has 2 heterocycles. The second-order valence-electron chi connectivity index (χ2n) is 6.52. The van der Waals surface area contributed by atoms with E-state index in [9.17, 15) is 13.2 Å². The Kier molecular flexibility index (Phi) is 5.44. The van der Waals surface area contributed by atoms with Gasteiger partial charge in [0.05, 0.1) is 18.6 Å². The summed E-state index contributed by atoms with van der Waals surface area (Å²) in [6, 6.07) is 7.65. The summed E-state index contributed by atoms with van der Waals surface area (Å²) < 4.78 is 28.3. The van der Waals surface area contributed by atoms with Gasteiger partial charge in [-0.2, -0.15) is 0 Å². The fraction of sp³-hybridized carbons (Fsp3) is 0.500. The minimum atomic E-state index is -2.86. The van der Waals surface area contributed by atoms with Gasteiger partial charge in [-0.3, -0.25) is 9.69 Å². The Morgan fingerprint density at radius 2 is 1.84 bits per heavy atom. The second-order valence-corrected chi connectivity index (χ2v) is 8.75. The fourth-order valence-electron chi connectivity index (χ4n) is 3.36. The van der Waals surface area contributed by atoms with Gasteiger partial charge in [0.25, 0.3) is 0 Å². The van der Waals surface area contributed by atoms with E-state index in [1.165, 1.54) is 0 Å². The van der Waals surface area contributed by atoms with E-state index in [4.69, 9.17) is 4.74 Å². The number of hydrogen-bond acceptors (Lipinski definition) is 5. The van der Waals surface area contributed by atoms with Crippen molar-refractivity contribution in [1.29, 1.82) is 0 Å². The van der Waals surface area contributed by atoms with Crippen molar-refractivity contribution in [3.8, 4) is 5.75 Å². The lowest BCUT2D eigenvalue weighted by Crippen LogP contribution is -2.52. The summed E-state index contributed by atoms with van der Waals surface area (Å²) in [5.41, 5.74) is 0.948. The van der Waals surface area contributed by atoms with Crippen molar-refractivity contribution in [2.24, 2.45) is 0 Å². The highest BCUT2D eigenvalue weighted by Crippen LogP contribution is 2.19. The zero-order chi connectivity index (χ0) is 17.9. The maximum Gasteiger partial charge on any atom is 0.246 e. The number of sulfone groups is 1. The van der Waals surface area contributed by atoms with Crippen molar-refractivity contribution >= 4 is 21.8 Å². The van der Waals surface area contributed by atoms with E-state index in [0.717, 1.165) is 24.4 Å². The van der Waals surface area contributed by atoms with Gasteiger partial charge >= 0.3 is 0 Å². The molecule has 136 valence electrons. The lowest BCUT2D eigenvalue weighted by molar-refractivity contribution is -0.127. The summed E-state index contributed by atoms with van der Waals surface area (Å²) in [6.45, 7) is 2.76. The van der Waals surface area contributed by atoms with E-state index >= 15 is 0 Å². The molecule has 0 aliphatic carbocycles. The van der Waals surface area contributed by atoms with Crippen LogP contribution in [0.5, 0.6) is 5.75 Å². The van der Waals surface area contributed by atoms with Gasteiger partial charge in [-0.05, 0) is 30.2 Å². The number of ether oxygens (including phenoxy) is 1. The molecule has 1 amide bonds. The average Bonchev–Trinajstić information content (AvgIpc) is 3.00. The minimum absolute atomic E-state index is 0.00508. The van der Waals surface area contributed by atoms with Crippen molar-refractivity contribution in [2.45, 2.75) is 12.5 Å². The first-order valence-electron chi connectivity index (χ1n) is 8.52. The van der Waals surface area contributed by atoms with E-state index in [1.807, 2.05) is 29.2 Å². The molecule has 0 aromatic heterocycles. The van der Waals surface area contributed by atoms with Gasteiger partial charge in [0.2, 0.25) is 5.91 Å². The topological polar surface area (TPSA) is 66.9 Å². The Balaban J connectivity index is 1.50. The van der Waals surface area contributed by atoms with Crippen LogP contribution in [0.1, 0.15) is 12.0 Å². The number of amides is 1. The SMILES string of the molecule is COc1ccc(/C=C/C(=O)N2CCN([C@H]3CCS(=O)(=O)C3)CC2)cc1. The standard InChI is InChI=1S/C18H24N2O4S/c1-24-17-5-2-15(3-6-17)4-7-18(21)20-11-9-19(10-12-20)16-8-13-25(22,23)14-16/h2-7,16H,8-14H2,1H3/b7-4+/t16-/m0/s1. The summed E-state index contributed by atoms with van der Waals surface area (Å²) in [6.07, 6.45) is 4.11. The third-order valence-electron chi connectivity index (χ3n) is 4.88. The van der Waals surface area contributed by atoms with Crippen LogP contribution in [0.3, 0.4) is 0 Å². The van der Waals surface area contributed by atoms with Gasteiger partial charge in [-0.1, -0.05) is 12.1 Å². The molecule has 0 unspecified atom stereocenters. The zero-order valence-corrected chi connectivity index (χ0v) is 15.2. The minimum Gasteiger partial charge on any atom is -0.497 e. The number of nitrogens with zero attached hydrogens (tertiary/aromatic N) is 2. The highest BCUT2D eigenvalue weighted by molar-refractivity contribution is 7.91. The molecule has 3 rings (SSSR count). The van der Waals surface area contributed by atoms with Crippen LogP contribution in [-0.2, 0) is 14.6 Å². The van der Waals surface area contributed by atoms with Crippen molar-refractivity contribution in [2.75, 3.05) is 44.8 Å². The molecule has 25 heavy (non-hydrogen) atoms. The molecule has 1 atom stereocenters. The fourth-order valence-corrected chi connectivity index (χ4v) is 5.12. The van der Waals surface area contributed by atoms with Crippen LogP contribution < -0.4 is 4.74 Å². The number of piperazine rings is 1. The Morgan fingerprint density at radius 3 is 2.40 bits per heavy atom. The quantitative estimate of drug-likeness (QED) is 0.747. The van der Waals surface area contributed by atoms with Crippen molar-refractivity contribution in [3.05, 3.63) is 35.9 Å². The average molecular weight is 364 g/mol. The predicted octanol–water partition coefficient (Wildman–Crippen LogP) is 1.04. The Morgan fingerprint density at radius 1 is 1.16 bits per heavy atom. The lowest BCUT2D eigenvalue weighted by atomic mass is 10.1. The normalized spacial score (nSPS) is 23.9. The summed E-state index contributed by atoms with van der Waals surface area (Å²) in [5, 5.41) is 0. The Bertz CT molecular complexity index is 735. The summed E-state index contributed by atoms with van der Waals surface area (Å²) in [5.74, 6) is 1.34. The van der Waals surface area contributed by atoms with Gasteiger partial charge in [-0.25, -0.2) is 8.42 Å². The number of carbonyl (C=O) groups excluding carboxylic acids is 1. The first-order valence-corrected chi connectivity index (χ1v) is 10.3. The molecule has 2 saturated heterocycles. The second kappa shape index (κ2) is 7.58. The lowest BCUT2D eigenvalue weighted by Gasteiger charge is -2.37. The number of hydrogen-bond donors (Lipinski definition) is 0. The maximum absolute atomic E-state index is 12.3. The number of methoxy groups -OCH3 is 1. The molecule has 7 heteroatoms. The molecule has 6 nitrogen and oxygen atoms in total. The number of carbonyl (C=O) groups is 1. The highest BCUT2D eigenvalue weighted by atomic mass is 32.2. The molecule has 0 bridgehead atoms. The van der Waals surface area contributed by atoms with Gasteiger partial charge < -0.3 is 9.64 Å². The third kappa shape index (κ3) is 4.61. The summed E-state index contributed by atoms with van der Waals surface area (Å²) in [4.78, 5) is 16.4. The van der Waals surface area contributed by atoms with Crippen LogP contribution >= 0.6 is 0 Å². The molecule has 0 N–H and O–H groups in total. The molecule has 0 saturated carbocycles. The highest BCUT2D eigenvalue weighted by Gasteiger charge is 2.34. The smallest absolute Gasteiger partial charge is 0.246 e. The molecule has 1 aromatic rings. The van der Waals surface area contributed by atoms with Crippen molar-refractivity contribution in [3.63, 3.8) is 0 Å². The van der Waals surface area contributed by atoms with Gasteiger partial charge in [0.15, 0.2) is 9.84 Å². The van der Waals surface area contributed by atoms with Gasteiger partial charge in [-0.15, -0.1) is 0 Å². The Labute approximate surface area is 149 Å². The van der Waals surface area contributed by atoms with E-state index in [0.29, 0.717) is 25.3 Å². The van der Waals surface area contributed by atoms with E-state index < -0.39 is 9.84 Å². The van der Waals surface area contributed by atoms with Gasteiger partial charge in [0.1, 0.15) is 5.75 Å². The van der Waals surface area contributed by atoms with Crippen LogP contribution in [0.15, 0.2) is 30.3 Å². The number of rotatable bonds is 4. The van der Waals surface area contributed by atoms with Crippen LogP contribution in [-0.4, -0.2) is 75.0 Å². The molecule has 2 aliphatic heterocycles. The first-order chi connectivity index (χ1) is 12.0. The zero-order valence-electron chi connectivity index (χ0n) is 14.4. The molecular formula is C18H24N2O4S. The van der Waals surface area contributed by atoms with Crippen LogP contribution in [0.4, 0.5) is 0 Å². The molecule has 2 aliphatic rings. The Hall–Kier alpha value is -1.86. The molecule has 0 spiro atoms. The first kappa shape index (κ1) is 17.9. The largest absolute Gasteiger partial charge is 0.497 e. The monoisotopic (exact) mass is 364 g/mol. The molecule has 1 aromatic carbocycles.